The number of amides is 1. The first kappa shape index (κ1) is 21.3. The second kappa shape index (κ2) is 9.39. The number of ether oxygens (including phenoxy) is 2. The molecule has 0 atom stereocenters. The van der Waals surface area contributed by atoms with Gasteiger partial charge >= 0.3 is 0 Å². The van der Waals surface area contributed by atoms with Crippen LogP contribution in [0.2, 0.25) is 0 Å². The normalized spacial score (nSPS) is 15.1. The number of rotatable bonds is 7. The number of hydrogen-bond acceptors (Lipinski definition) is 5. The first-order valence-corrected chi connectivity index (χ1v) is 11.0. The Morgan fingerprint density at radius 1 is 1.14 bits per heavy atom. The van der Waals surface area contributed by atoms with Crippen LogP contribution in [-0.4, -0.2) is 63.5 Å². The van der Waals surface area contributed by atoms with Crippen molar-refractivity contribution in [2.45, 2.75) is 18.4 Å². The van der Waals surface area contributed by atoms with Crippen molar-refractivity contribution in [2.24, 2.45) is 0 Å². The molecule has 0 aliphatic carbocycles. The summed E-state index contributed by atoms with van der Waals surface area (Å²) in [6.07, 6.45) is 0. The van der Waals surface area contributed by atoms with E-state index in [9.17, 15) is 13.2 Å². The van der Waals surface area contributed by atoms with E-state index in [0.717, 1.165) is 11.3 Å². The van der Waals surface area contributed by atoms with Crippen LogP contribution < -0.4 is 4.74 Å². The van der Waals surface area contributed by atoms with E-state index in [4.69, 9.17) is 9.47 Å². The second-order valence-corrected chi connectivity index (χ2v) is 8.68. The van der Waals surface area contributed by atoms with Gasteiger partial charge in [0.15, 0.2) is 0 Å². The van der Waals surface area contributed by atoms with Gasteiger partial charge in [0.2, 0.25) is 10.0 Å². The molecule has 2 aromatic carbocycles. The Hall–Kier alpha value is -2.42. The SMILES string of the molecule is CCOc1ccccc1CN(C)C(=O)c1cccc(S(=O)(=O)N2CCOCC2)c1. The molecule has 0 aromatic heterocycles. The van der Waals surface area contributed by atoms with Gasteiger partial charge in [-0.05, 0) is 31.2 Å². The van der Waals surface area contributed by atoms with E-state index in [0.29, 0.717) is 45.0 Å². The summed E-state index contributed by atoms with van der Waals surface area (Å²) in [6, 6.07) is 13.8. The summed E-state index contributed by atoms with van der Waals surface area (Å²) in [6.45, 7) is 4.18. The number of para-hydroxylation sites is 1. The minimum absolute atomic E-state index is 0.119. The lowest BCUT2D eigenvalue weighted by Crippen LogP contribution is -2.40. The Morgan fingerprint density at radius 3 is 2.59 bits per heavy atom. The van der Waals surface area contributed by atoms with Gasteiger partial charge in [-0.15, -0.1) is 0 Å². The molecule has 0 unspecified atom stereocenters. The molecule has 1 aliphatic heterocycles. The van der Waals surface area contributed by atoms with E-state index in [-0.39, 0.29) is 10.8 Å². The maximum absolute atomic E-state index is 12.9. The van der Waals surface area contributed by atoms with Crippen molar-refractivity contribution in [1.82, 2.24) is 9.21 Å². The van der Waals surface area contributed by atoms with E-state index < -0.39 is 10.0 Å². The molecule has 7 nitrogen and oxygen atoms in total. The number of carbonyl (C=O) groups excluding carboxylic acids is 1. The molecule has 2 aromatic rings. The molecule has 1 aliphatic rings. The van der Waals surface area contributed by atoms with E-state index in [2.05, 4.69) is 0 Å². The Bertz CT molecular complexity index is 955. The molecule has 1 fully saturated rings. The highest BCUT2D eigenvalue weighted by molar-refractivity contribution is 7.89. The average molecular weight is 419 g/mol. The Kier molecular flexibility index (Phi) is 6.89. The summed E-state index contributed by atoms with van der Waals surface area (Å²) in [5.74, 6) is 0.480. The lowest BCUT2D eigenvalue weighted by molar-refractivity contribution is 0.0730. The fourth-order valence-electron chi connectivity index (χ4n) is 3.20. The van der Waals surface area contributed by atoms with Gasteiger partial charge in [0.05, 0.1) is 24.7 Å². The number of carbonyl (C=O) groups is 1. The van der Waals surface area contributed by atoms with Gasteiger partial charge in [0.25, 0.3) is 5.91 Å². The van der Waals surface area contributed by atoms with Gasteiger partial charge in [0.1, 0.15) is 5.75 Å². The summed E-state index contributed by atoms with van der Waals surface area (Å²) in [5, 5.41) is 0. The minimum Gasteiger partial charge on any atom is -0.494 e. The van der Waals surface area contributed by atoms with Crippen LogP contribution in [0.25, 0.3) is 0 Å². The Balaban J connectivity index is 1.78. The van der Waals surface area contributed by atoms with Crippen LogP contribution in [0.1, 0.15) is 22.8 Å². The fourth-order valence-corrected chi connectivity index (χ4v) is 4.66. The predicted octanol–water partition coefficient (Wildman–Crippen LogP) is 2.38. The van der Waals surface area contributed by atoms with E-state index in [1.807, 2.05) is 31.2 Å². The topological polar surface area (TPSA) is 76.2 Å². The molecule has 3 rings (SSSR count). The Labute approximate surface area is 171 Å². The van der Waals surface area contributed by atoms with Crippen molar-refractivity contribution < 1.29 is 22.7 Å². The molecule has 0 bridgehead atoms. The molecular weight excluding hydrogens is 392 g/mol. The van der Waals surface area contributed by atoms with Gasteiger partial charge in [0, 0.05) is 37.8 Å². The smallest absolute Gasteiger partial charge is 0.253 e. The van der Waals surface area contributed by atoms with Crippen molar-refractivity contribution in [3.8, 4) is 5.75 Å². The molecule has 156 valence electrons. The highest BCUT2D eigenvalue weighted by atomic mass is 32.2. The van der Waals surface area contributed by atoms with Gasteiger partial charge in [-0.3, -0.25) is 4.79 Å². The third-order valence-corrected chi connectivity index (χ3v) is 6.61. The highest BCUT2D eigenvalue weighted by Gasteiger charge is 2.27. The first-order chi connectivity index (χ1) is 13.9. The van der Waals surface area contributed by atoms with Gasteiger partial charge in [-0.25, -0.2) is 8.42 Å². The third kappa shape index (κ3) is 4.95. The molecule has 29 heavy (non-hydrogen) atoms. The maximum atomic E-state index is 12.9. The van der Waals surface area contributed by atoms with E-state index >= 15 is 0 Å². The van der Waals surface area contributed by atoms with Gasteiger partial charge in [-0.2, -0.15) is 4.31 Å². The second-order valence-electron chi connectivity index (χ2n) is 6.75. The molecule has 1 heterocycles. The zero-order valence-corrected chi connectivity index (χ0v) is 17.5. The molecule has 1 saturated heterocycles. The summed E-state index contributed by atoms with van der Waals surface area (Å²) in [7, 11) is -1.97. The molecule has 0 radical (unpaired) electrons. The van der Waals surface area contributed by atoms with Crippen molar-refractivity contribution >= 4 is 15.9 Å². The molecule has 0 saturated carbocycles. The van der Waals surface area contributed by atoms with E-state index in [1.54, 1.807) is 24.1 Å². The highest BCUT2D eigenvalue weighted by Crippen LogP contribution is 2.22. The van der Waals surface area contributed by atoms with E-state index in [1.165, 1.54) is 16.4 Å². The summed E-state index contributed by atoms with van der Waals surface area (Å²) < 4.78 is 38.0. The van der Waals surface area contributed by atoms with Crippen LogP contribution in [0, 0.1) is 0 Å². The number of benzene rings is 2. The zero-order valence-electron chi connectivity index (χ0n) is 16.7. The number of hydrogen-bond donors (Lipinski definition) is 0. The van der Waals surface area contributed by atoms with Crippen LogP contribution >= 0.6 is 0 Å². The summed E-state index contributed by atoms with van der Waals surface area (Å²) in [5.41, 5.74) is 1.22. The van der Waals surface area contributed by atoms with Crippen LogP contribution in [0.3, 0.4) is 0 Å². The van der Waals surface area contributed by atoms with Crippen LogP contribution in [0.4, 0.5) is 0 Å². The molecule has 0 spiro atoms. The largest absolute Gasteiger partial charge is 0.494 e. The summed E-state index contributed by atoms with van der Waals surface area (Å²) in [4.78, 5) is 14.6. The third-order valence-electron chi connectivity index (χ3n) is 4.72. The predicted molar refractivity (Wildman–Crippen MR) is 109 cm³/mol. The molecule has 8 heteroatoms. The van der Waals surface area contributed by atoms with Crippen molar-refractivity contribution in [3.63, 3.8) is 0 Å². The quantitative estimate of drug-likeness (QED) is 0.690. The van der Waals surface area contributed by atoms with Crippen LogP contribution in [-0.2, 0) is 21.3 Å². The summed E-state index contributed by atoms with van der Waals surface area (Å²) >= 11 is 0. The molecule has 0 N–H and O–H groups in total. The van der Waals surface area contributed by atoms with Gasteiger partial charge in [-0.1, -0.05) is 24.3 Å². The van der Waals surface area contributed by atoms with Crippen molar-refractivity contribution in [2.75, 3.05) is 40.0 Å². The fraction of sp³-hybridized carbons (Fsp3) is 0.381. The maximum Gasteiger partial charge on any atom is 0.253 e. The molecule has 1 amide bonds. The number of nitrogens with zero attached hydrogens (tertiary/aromatic N) is 2. The zero-order chi connectivity index (χ0) is 20.9. The van der Waals surface area contributed by atoms with Crippen molar-refractivity contribution in [3.05, 3.63) is 59.7 Å². The molecular formula is C21H26N2O5S. The first-order valence-electron chi connectivity index (χ1n) is 9.57. The van der Waals surface area contributed by atoms with Crippen molar-refractivity contribution in [1.29, 1.82) is 0 Å². The minimum atomic E-state index is -3.65. The lowest BCUT2D eigenvalue weighted by Gasteiger charge is -2.26. The Morgan fingerprint density at radius 2 is 1.86 bits per heavy atom. The van der Waals surface area contributed by atoms with Crippen LogP contribution in [0.15, 0.2) is 53.4 Å². The monoisotopic (exact) mass is 418 g/mol. The van der Waals surface area contributed by atoms with Gasteiger partial charge < -0.3 is 14.4 Å². The standard InChI is InChI=1S/C21H26N2O5S/c1-3-28-20-10-5-4-7-18(20)16-22(2)21(24)17-8-6-9-19(15-17)29(25,26)23-11-13-27-14-12-23/h4-10,15H,3,11-14,16H2,1-2H3. The number of sulfonamides is 1. The lowest BCUT2D eigenvalue weighted by atomic mass is 10.1. The van der Waals surface area contributed by atoms with Crippen LogP contribution in [0.5, 0.6) is 5.75 Å². The average Bonchev–Trinajstić information content (AvgIpc) is 2.75. The number of morpholine rings is 1.